The van der Waals surface area contributed by atoms with Gasteiger partial charge in [0.1, 0.15) is 0 Å². The second kappa shape index (κ2) is 4.97. The maximum absolute atomic E-state index is 3.56. The van der Waals surface area contributed by atoms with Crippen molar-refractivity contribution in [3.63, 3.8) is 0 Å². The van der Waals surface area contributed by atoms with Crippen LogP contribution in [-0.2, 0) is 11.8 Å². The summed E-state index contributed by atoms with van der Waals surface area (Å²) in [6, 6.07) is 17.8. The second-order valence-electron chi connectivity index (χ2n) is 6.81. The van der Waals surface area contributed by atoms with E-state index in [0.29, 0.717) is 5.92 Å². The Hall–Kier alpha value is -1.76. The molecule has 0 bridgehead atoms. The third-order valence-electron chi connectivity index (χ3n) is 4.27. The molecule has 0 amide bonds. The Morgan fingerprint density at radius 2 is 1.65 bits per heavy atom. The molecule has 1 atom stereocenters. The summed E-state index contributed by atoms with van der Waals surface area (Å²) in [7, 11) is 0. The molecule has 3 rings (SSSR count). The van der Waals surface area contributed by atoms with Gasteiger partial charge in [-0.2, -0.15) is 0 Å². The van der Waals surface area contributed by atoms with Crippen LogP contribution in [0.5, 0.6) is 0 Å². The summed E-state index contributed by atoms with van der Waals surface area (Å²) in [6.45, 7) is 7.83. The number of hydrogen-bond acceptors (Lipinski definition) is 1. The lowest BCUT2D eigenvalue weighted by atomic mass is 9.83. The van der Waals surface area contributed by atoms with Crippen LogP contribution in [-0.4, -0.2) is 6.54 Å². The summed E-state index contributed by atoms with van der Waals surface area (Å²) < 4.78 is 0. The van der Waals surface area contributed by atoms with Crippen molar-refractivity contribution in [2.75, 3.05) is 11.9 Å². The van der Waals surface area contributed by atoms with Crippen LogP contribution in [0.2, 0.25) is 0 Å². The first-order chi connectivity index (χ1) is 9.54. The summed E-state index contributed by atoms with van der Waals surface area (Å²) in [5.41, 5.74) is 5.82. The van der Waals surface area contributed by atoms with Gasteiger partial charge in [0.25, 0.3) is 0 Å². The molecule has 2 aromatic carbocycles. The van der Waals surface area contributed by atoms with E-state index in [1.807, 2.05) is 0 Å². The summed E-state index contributed by atoms with van der Waals surface area (Å²) in [5.74, 6) is 0.582. The lowest BCUT2D eigenvalue weighted by Gasteiger charge is -2.27. The van der Waals surface area contributed by atoms with Crippen molar-refractivity contribution < 1.29 is 0 Å². The van der Waals surface area contributed by atoms with Crippen LogP contribution in [0.25, 0.3) is 0 Å². The van der Waals surface area contributed by atoms with Gasteiger partial charge in [-0.15, -0.1) is 0 Å². The smallest absolute Gasteiger partial charge is 0.0373 e. The zero-order valence-corrected chi connectivity index (χ0v) is 12.6. The monoisotopic (exact) mass is 265 g/mol. The molecule has 0 spiro atoms. The van der Waals surface area contributed by atoms with Gasteiger partial charge in [0.05, 0.1) is 0 Å². The quantitative estimate of drug-likeness (QED) is 0.785. The number of anilines is 1. The lowest BCUT2D eigenvalue weighted by Crippen LogP contribution is -2.21. The fourth-order valence-electron chi connectivity index (χ4n) is 2.93. The first kappa shape index (κ1) is 13.2. The van der Waals surface area contributed by atoms with E-state index in [-0.39, 0.29) is 5.41 Å². The van der Waals surface area contributed by atoms with E-state index < -0.39 is 0 Å². The van der Waals surface area contributed by atoms with Crippen LogP contribution < -0.4 is 5.32 Å². The Morgan fingerprint density at radius 1 is 0.950 bits per heavy atom. The van der Waals surface area contributed by atoms with Crippen LogP contribution in [0.15, 0.2) is 48.5 Å². The van der Waals surface area contributed by atoms with Gasteiger partial charge < -0.3 is 5.32 Å². The molecule has 104 valence electrons. The minimum absolute atomic E-state index is 0.232. The Labute approximate surface area is 122 Å². The van der Waals surface area contributed by atoms with E-state index in [1.54, 1.807) is 0 Å². The molecular weight excluding hydrogens is 242 g/mol. The van der Waals surface area contributed by atoms with Crippen molar-refractivity contribution in [3.8, 4) is 0 Å². The van der Waals surface area contributed by atoms with Crippen LogP contribution in [0.1, 0.15) is 43.4 Å². The molecule has 1 heteroatoms. The second-order valence-corrected chi connectivity index (χ2v) is 6.81. The molecule has 20 heavy (non-hydrogen) atoms. The highest BCUT2D eigenvalue weighted by molar-refractivity contribution is 5.54. The number of fused-ring (bicyclic) bond motifs is 1. The molecule has 0 aromatic heterocycles. The Balaban J connectivity index is 1.81. The van der Waals surface area contributed by atoms with Crippen molar-refractivity contribution in [2.45, 2.75) is 38.5 Å². The SMILES string of the molecule is CC(C)(C)c1ccc(C2CNc3ccccc3C2)cc1. The lowest BCUT2D eigenvalue weighted by molar-refractivity contribution is 0.589. The average molecular weight is 265 g/mol. The van der Waals surface area contributed by atoms with E-state index in [2.05, 4.69) is 74.6 Å². The average Bonchev–Trinajstić information content (AvgIpc) is 2.46. The van der Waals surface area contributed by atoms with E-state index in [9.17, 15) is 0 Å². The van der Waals surface area contributed by atoms with Gasteiger partial charge in [-0.05, 0) is 34.6 Å². The van der Waals surface area contributed by atoms with Crippen LogP contribution in [0, 0.1) is 0 Å². The molecule has 0 fully saturated rings. The number of benzene rings is 2. The molecule has 0 saturated heterocycles. The highest BCUT2D eigenvalue weighted by atomic mass is 14.9. The van der Waals surface area contributed by atoms with Crippen LogP contribution in [0.3, 0.4) is 0 Å². The zero-order chi connectivity index (χ0) is 14.2. The fraction of sp³-hybridized carbons (Fsp3) is 0.368. The van der Waals surface area contributed by atoms with E-state index in [1.165, 1.54) is 22.4 Å². The topological polar surface area (TPSA) is 12.0 Å². The molecular formula is C19H23N. The van der Waals surface area contributed by atoms with Gasteiger partial charge in [0.15, 0.2) is 0 Å². The zero-order valence-electron chi connectivity index (χ0n) is 12.6. The summed E-state index contributed by atoms with van der Waals surface area (Å²) >= 11 is 0. The normalized spacial score (nSPS) is 18.2. The van der Waals surface area contributed by atoms with Gasteiger partial charge in [0, 0.05) is 18.2 Å². The van der Waals surface area contributed by atoms with Crippen molar-refractivity contribution in [1.29, 1.82) is 0 Å². The molecule has 0 saturated carbocycles. The summed E-state index contributed by atoms with van der Waals surface area (Å²) in [4.78, 5) is 0. The molecule has 1 aliphatic heterocycles. The number of para-hydroxylation sites is 1. The third-order valence-corrected chi connectivity index (χ3v) is 4.27. The first-order valence-corrected chi connectivity index (χ1v) is 7.46. The van der Waals surface area contributed by atoms with E-state index in [4.69, 9.17) is 0 Å². The predicted molar refractivity (Wildman–Crippen MR) is 86.5 cm³/mol. The molecule has 1 heterocycles. The molecule has 1 nitrogen and oxygen atoms in total. The van der Waals surface area contributed by atoms with Gasteiger partial charge in [-0.25, -0.2) is 0 Å². The molecule has 1 unspecified atom stereocenters. The van der Waals surface area contributed by atoms with Crippen LogP contribution >= 0.6 is 0 Å². The van der Waals surface area contributed by atoms with Gasteiger partial charge in [-0.1, -0.05) is 63.2 Å². The summed E-state index contributed by atoms with van der Waals surface area (Å²) in [5, 5.41) is 3.56. The maximum atomic E-state index is 3.56. The van der Waals surface area contributed by atoms with Gasteiger partial charge >= 0.3 is 0 Å². The van der Waals surface area contributed by atoms with Gasteiger partial charge in [0.2, 0.25) is 0 Å². The minimum atomic E-state index is 0.232. The van der Waals surface area contributed by atoms with Crippen molar-refractivity contribution >= 4 is 5.69 Å². The van der Waals surface area contributed by atoms with Crippen molar-refractivity contribution in [3.05, 3.63) is 65.2 Å². The molecule has 1 aliphatic rings. The first-order valence-electron chi connectivity index (χ1n) is 7.46. The van der Waals surface area contributed by atoms with Gasteiger partial charge in [-0.3, -0.25) is 0 Å². The Kier molecular flexibility index (Phi) is 3.29. The number of nitrogens with one attached hydrogen (secondary N) is 1. The molecule has 2 aromatic rings. The highest BCUT2D eigenvalue weighted by Crippen LogP contribution is 2.31. The number of rotatable bonds is 1. The van der Waals surface area contributed by atoms with E-state index >= 15 is 0 Å². The Morgan fingerprint density at radius 3 is 2.35 bits per heavy atom. The standard InChI is InChI=1S/C19H23N/c1-19(2,3)17-10-8-14(9-11-17)16-12-15-6-4-5-7-18(15)20-13-16/h4-11,16,20H,12-13H2,1-3H3. The third kappa shape index (κ3) is 2.58. The largest absolute Gasteiger partial charge is 0.384 e. The minimum Gasteiger partial charge on any atom is -0.384 e. The Bertz CT molecular complexity index is 590. The maximum Gasteiger partial charge on any atom is 0.0373 e. The molecule has 0 aliphatic carbocycles. The molecule has 0 radical (unpaired) electrons. The fourth-order valence-corrected chi connectivity index (χ4v) is 2.93. The summed E-state index contributed by atoms with van der Waals surface area (Å²) in [6.07, 6.45) is 1.14. The van der Waals surface area contributed by atoms with E-state index in [0.717, 1.165) is 13.0 Å². The van der Waals surface area contributed by atoms with Crippen molar-refractivity contribution in [2.24, 2.45) is 0 Å². The van der Waals surface area contributed by atoms with Crippen molar-refractivity contribution in [1.82, 2.24) is 0 Å². The predicted octanol–water partition coefficient (Wildman–Crippen LogP) is 4.74. The number of hydrogen-bond donors (Lipinski definition) is 1. The molecule has 1 N–H and O–H groups in total. The van der Waals surface area contributed by atoms with Crippen LogP contribution in [0.4, 0.5) is 5.69 Å². The highest BCUT2D eigenvalue weighted by Gasteiger charge is 2.20.